The van der Waals surface area contributed by atoms with Gasteiger partial charge in [-0.3, -0.25) is 9.59 Å². The van der Waals surface area contributed by atoms with Gasteiger partial charge in [-0.05, 0) is 55.4 Å². The van der Waals surface area contributed by atoms with Gasteiger partial charge in [0.05, 0.1) is 5.92 Å². The van der Waals surface area contributed by atoms with Gasteiger partial charge in [0.25, 0.3) is 5.91 Å². The number of hydrogen-bond donors (Lipinski definition) is 3. The molecule has 1 aromatic rings. The highest BCUT2D eigenvalue weighted by Crippen LogP contribution is 2.48. The van der Waals surface area contributed by atoms with E-state index < -0.39 is 11.9 Å². The quantitative estimate of drug-likeness (QED) is 0.728. The van der Waals surface area contributed by atoms with E-state index in [1.54, 1.807) is 24.3 Å². The molecule has 4 N–H and O–H groups in total. The fourth-order valence-electron chi connectivity index (χ4n) is 3.72. The number of nitrogens with one attached hydrogen (secondary N) is 1. The lowest BCUT2D eigenvalue weighted by Crippen LogP contribution is -2.46. The number of carboxylic acid groups (broad SMARTS) is 1. The molecule has 2 bridgehead atoms. The molecule has 2 fully saturated rings. The lowest BCUT2D eigenvalue weighted by molar-refractivity contribution is -0.144. The number of benzene rings is 1. The third-order valence-electron chi connectivity index (χ3n) is 4.67. The summed E-state index contributed by atoms with van der Waals surface area (Å²) < 4.78 is 0. The van der Waals surface area contributed by atoms with E-state index in [0.717, 1.165) is 19.3 Å². The molecule has 2 saturated carbocycles. The number of nitrogens with two attached hydrogens (primary N) is 1. The van der Waals surface area contributed by atoms with Gasteiger partial charge in [-0.25, -0.2) is 0 Å². The molecule has 20 heavy (non-hydrogen) atoms. The predicted octanol–water partition coefficient (Wildman–Crippen LogP) is 1.50. The molecule has 1 amide bonds. The maximum absolute atomic E-state index is 12.2. The summed E-state index contributed by atoms with van der Waals surface area (Å²) in [5.41, 5.74) is 6.71. The van der Waals surface area contributed by atoms with Gasteiger partial charge in [-0.15, -0.1) is 0 Å². The zero-order valence-electron chi connectivity index (χ0n) is 11.1. The number of carboxylic acids is 1. The van der Waals surface area contributed by atoms with E-state index in [9.17, 15) is 14.7 Å². The maximum Gasteiger partial charge on any atom is 0.308 e. The number of anilines is 1. The van der Waals surface area contributed by atoms with Gasteiger partial charge in [-0.1, -0.05) is 0 Å². The van der Waals surface area contributed by atoms with Crippen LogP contribution in [0.4, 0.5) is 5.69 Å². The number of carbonyl (C=O) groups excluding carboxylic acids is 1. The zero-order valence-corrected chi connectivity index (χ0v) is 11.1. The van der Waals surface area contributed by atoms with Crippen molar-refractivity contribution in [3.63, 3.8) is 0 Å². The zero-order chi connectivity index (χ0) is 14.3. The van der Waals surface area contributed by atoms with Crippen molar-refractivity contribution in [2.45, 2.75) is 25.3 Å². The van der Waals surface area contributed by atoms with Gasteiger partial charge in [0.2, 0.25) is 0 Å². The third kappa shape index (κ3) is 2.13. The molecule has 2 aliphatic carbocycles. The fourth-order valence-corrected chi connectivity index (χ4v) is 3.72. The SMILES string of the molecule is Nc1ccc(C(=O)NC2C3CCC(C3)C2C(=O)O)cc1. The minimum Gasteiger partial charge on any atom is -0.481 e. The minimum atomic E-state index is -0.792. The van der Waals surface area contributed by atoms with E-state index in [-0.39, 0.29) is 17.9 Å². The second kappa shape index (κ2) is 4.81. The summed E-state index contributed by atoms with van der Waals surface area (Å²) >= 11 is 0. The summed E-state index contributed by atoms with van der Waals surface area (Å²) in [4.78, 5) is 23.6. The average molecular weight is 274 g/mol. The standard InChI is InChI=1S/C15H18N2O3/c16-11-5-3-8(4-6-11)14(18)17-13-10-2-1-9(7-10)12(13)15(19)20/h3-6,9-10,12-13H,1-2,7,16H2,(H,17,18)(H,19,20). The maximum atomic E-state index is 12.2. The normalized spacial score (nSPS) is 31.2. The number of fused-ring (bicyclic) bond motifs is 2. The number of carbonyl (C=O) groups is 2. The average Bonchev–Trinajstić information content (AvgIpc) is 3.00. The number of nitrogen functional groups attached to an aromatic ring is 1. The van der Waals surface area contributed by atoms with Crippen LogP contribution in [-0.2, 0) is 4.79 Å². The van der Waals surface area contributed by atoms with Gasteiger partial charge in [-0.2, -0.15) is 0 Å². The number of aliphatic carboxylic acids is 1. The molecule has 0 aliphatic heterocycles. The largest absolute Gasteiger partial charge is 0.481 e. The van der Waals surface area contributed by atoms with Crippen LogP contribution in [-0.4, -0.2) is 23.0 Å². The van der Waals surface area contributed by atoms with Crippen molar-refractivity contribution in [1.29, 1.82) is 0 Å². The Hall–Kier alpha value is -2.04. The van der Waals surface area contributed by atoms with E-state index in [0.29, 0.717) is 17.2 Å². The Morgan fingerprint density at radius 2 is 1.80 bits per heavy atom. The molecule has 4 atom stereocenters. The van der Waals surface area contributed by atoms with Crippen LogP contribution in [0.2, 0.25) is 0 Å². The molecule has 0 heterocycles. The Labute approximate surface area is 117 Å². The first-order chi connectivity index (χ1) is 9.56. The van der Waals surface area contributed by atoms with Crippen LogP contribution in [0, 0.1) is 17.8 Å². The summed E-state index contributed by atoms with van der Waals surface area (Å²) in [5, 5.41) is 12.3. The molecule has 0 radical (unpaired) electrons. The number of hydrogen-bond acceptors (Lipinski definition) is 3. The van der Waals surface area contributed by atoms with Crippen LogP contribution in [0.25, 0.3) is 0 Å². The highest BCUT2D eigenvalue weighted by atomic mass is 16.4. The molecular weight excluding hydrogens is 256 g/mol. The van der Waals surface area contributed by atoms with Gasteiger partial charge in [0, 0.05) is 17.3 Å². The molecule has 106 valence electrons. The van der Waals surface area contributed by atoms with Crippen LogP contribution < -0.4 is 11.1 Å². The van der Waals surface area contributed by atoms with Crippen LogP contribution >= 0.6 is 0 Å². The molecule has 0 spiro atoms. The summed E-state index contributed by atoms with van der Waals surface area (Å²) in [6.07, 6.45) is 2.90. The summed E-state index contributed by atoms with van der Waals surface area (Å²) in [7, 11) is 0. The third-order valence-corrected chi connectivity index (χ3v) is 4.67. The Bertz CT molecular complexity index is 541. The predicted molar refractivity (Wildman–Crippen MR) is 74.1 cm³/mol. The summed E-state index contributed by atoms with van der Waals surface area (Å²) in [6, 6.07) is 6.42. The number of rotatable bonds is 3. The van der Waals surface area contributed by atoms with Gasteiger partial charge >= 0.3 is 5.97 Å². The van der Waals surface area contributed by atoms with Crippen LogP contribution in [0.15, 0.2) is 24.3 Å². The van der Waals surface area contributed by atoms with Crippen molar-refractivity contribution >= 4 is 17.6 Å². The molecule has 0 saturated heterocycles. The smallest absolute Gasteiger partial charge is 0.308 e. The number of amides is 1. The molecule has 2 aliphatic rings. The van der Waals surface area contributed by atoms with Crippen molar-refractivity contribution in [2.75, 3.05) is 5.73 Å². The van der Waals surface area contributed by atoms with Gasteiger partial charge in [0.15, 0.2) is 0 Å². The van der Waals surface area contributed by atoms with E-state index in [1.165, 1.54) is 0 Å². The second-order valence-corrected chi connectivity index (χ2v) is 5.82. The second-order valence-electron chi connectivity index (χ2n) is 5.82. The molecule has 3 rings (SSSR count). The molecule has 5 heteroatoms. The van der Waals surface area contributed by atoms with Crippen LogP contribution in [0.3, 0.4) is 0 Å². The van der Waals surface area contributed by atoms with Crippen LogP contribution in [0.1, 0.15) is 29.6 Å². The first-order valence-corrected chi connectivity index (χ1v) is 6.95. The topological polar surface area (TPSA) is 92.4 Å². The lowest BCUT2D eigenvalue weighted by atomic mass is 9.84. The monoisotopic (exact) mass is 274 g/mol. The van der Waals surface area contributed by atoms with E-state index in [1.807, 2.05) is 0 Å². The Kier molecular flexibility index (Phi) is 3.12. The fraction of sp³-hybridized carbons (Fsp3) is 0.467. The Morgan fingerprint density at radius 3 is 2.45 bits per heavy atom. The first kappa shape index (κ1) is 13.0. The highest BCUT2D eigenvalue weighted by molar-refractivity contribution is 5.95. The molecule has 0 aromatic heterocycles. The van der Waals surface area contributed by atoms with Crippen molar-refractivity contribution in [3.8, 4) is 0 Å². The Morgan fingerprint density at radius 1 is 1.15 bits per heavy atom. The first-order valence-electron chi connectivity index (χ1n) is 6.95. The molecule has 4 unspecified atom stereocenters. The van der Waals surface area contributed by atoms with E-state index in [2.05, 4.69) is 5.32 Å². The van der Waals surface area contributed by atoms with Crippen molar-refractivity contribution in [2.24, 2.45) is 17.8 Å². The molecule has 1 aromatic carbocycles. The highest BCUT2D eigenvalue weighted by Gasteiger charge is 2.51. The Balaban J connectivity index is 1.75. The van der Waals surface area contributed by atoms with Crippen molar-refractivity contribution in [1.82, 2.24) is 5.32 Å². The summed E-state index contributed by atoms with van der Waals surface area (Å²) in [6.45, 7) is 0. The molecular formula is C15H18N2O3. The van der Waals surface area contributed by atoms with Crippen molar-refractivity contribution in [3.05, 3.63) is 29.8 Å². The van der Waals surface area contributed by atoms with E-state index in [4.69, 9.17) is 5.73 Å². The summed E-state index contributed by atoms with van der Waals surface area (Å²) in [5.74, 6) is -0.923. The lowest BCUT2D eigenvalue weighted by Gasteiger charge is -2.28. The van der Waals surface area contributed by atoms with E-state index >= 15 is 0 Å². The van der Waals surface area contributed by atoms with Crippen molar-refractivity contribution < 1.29 is 14.7 Å². The van der Waals surface area contributed by atoms with Gasteiger partial charge < -0.3 is 16.2 Å². The minimum absolute atomic E-state index is 0.214. The van der Waals surface area contributed by atoms with Gasteiger partial charge in [0.1, 0.15) is 0 Å². The van der Waals surface area contributed by atoms with Crippen LogP contribution in [0.5, 0.6) is 0 Å². The molecule has 5 nitrogen and oxygen atoms in total.